The predicted octanol–water partition coefficient (Wildman–Crippen LogP) is -0.390. The quantitative estimate of drug-likeness (QED) is 0.442. The average molecular weight is 141 g/mol. The van der Waals surface area contributed by atoms with Crippen LogP contribution in [0.3, 0.4) is 0 Å². The number of hydrogen-bond donors (Lipinski definition) is 2. The topological polar surface area (TPSA) is 79.6 Å². The maximum absolute atomic E-state index is 9.17. The summed E-state index contributed by atoms with van der Waals surface area (Å²) in [5, 5.41) is 0. The molecule has 0 heterocycles. The predicted molar refractivity (Wildman–Crippen MR) is 21.3 cm³/mol. The van der Waals surface area contributed by atoms with Gasteiger partial charge in [-0.15, -0.1) is 0 Å². The van der Waals surface area contributed by atoms with E-state index in [0.29, 0.717) is 0 Å². The van der Waals surface area contributed by atoms with Crippen LogP contribution in [0.1, 0.15) is 0 Å². The summed E-state index contributed by atoms with van der Waals surface area (Å²) in [6.45, 7) is 0. The molecule has 0 saturated heterocycles. The van der Waals surface area contributed by atoms with Crippen molar-refractivity contribution >= 4 is 20.8 Å². The summed E-state index contributed by atoms with van der Waals surface area (Å²) in [7, 11) is 0. The molecule has 6 N–H and O–H groups in total. The molecule has 0 aliphatic carbocycles. The molecule has 32 valence electrons. The first-order valence-electron chi connectivity index (χ1n) is 0.697. The first-order valence-corrected chi connectivity index (χ1v) is 1.55. The van der Waals surface area contributed by atoms with Crippen LogP contribution in [0.25, 0.3) is 0 Å². The van der Waals surface area contributed by atoms with Crippen molar-refractivity contribution in [1.29, 1.82) is 0 Å². The Balaban J connectivity index is 0. The van der Waals surface area contributed by atoms with Crippen molar-refractivity contribution < 1.29 is 4.79 Å². The third kappa shape index (κ3) is 5880. The van der Waals surface area contributed by atoms with Gasteiger partial charge in [-0.2, -0.15) is 0 Å². The molecule has 0 fully saturated rings. The number of hydrogen-bond acceptors (Lipinski definition) is 1. The van der Waals surface area contributed by atoms with Crippen LogP contribution in [0.5, 0.6) is 0 Å². The van der Waals surface area contributed by atoms with Gasteiger partial charge in [0.15, 0.2) is 0 Å². The monoisotopic (exact) mass is 142 g/mol. The molecule has 0 unspecified atom stereocenters. The summed E-state index contributed by atoms with van der Waals surface area (Å²) in [5.41, 5.74) is 4.42. The fourth-order valence-electron chi connectivity index (χ4n) is 0. The zero-order chi connectivity index (χ0) is 3.58. The number of primary amides is 1. The third-order valence-electron chi connectivity index (χ3n) is 0. The second kappa shape index (κ2) is 3.95. The summed E-state index contributed by atoms with van der Waals surface area (Å²) in [6.07, 6.45) is 0. The average Bonchev–Trinajstić information content (AvgIpc) is 0.811. The van der Waals surface area contributed by atoms with E-state index in [0.717, 1.165) is 0 Å². The Kier molecular flexibility index (Phi) is 7.01. The molecule has 0 aromatic carbocycles. The summed E-state index contributed by atoms with van der Waals surface area (Å²) >= 11 is 2.04. The van der Waals surface area contributed by atoms with Gasteiger partial charge in [0.05, 0.1) is 0 Å². The number of rotatable bonds is 0. The van der Waals surface area contributed by atoms with Crippen molar-refractivity contribution in [2.24, 2.45) is 5.73 Å². The number of quaternary nitrogens is 1. The van der Waals surface area contributed by atoms with Gasteiger partial charge in [-0.25, -0.2) is 0 Å². The normalized spacial score (nSPS) is 4.80. The fraction of sp³-hybridized carbons (Fsp3) is 0. The smallest absolute Gasteiger partial charge is 0.369 e. The molecule has 0 aliphatic rings. The van der Waals surface area contributed by atoms with Gasteiger partial charge < -0.3 is 6.15 Å². The second-order valence-corrected chi connectivity index (χ2v) is 1.16. The van der Waals surface area contributed by atoms with E-state index in [1.165, 1.54) is 0 Å². The molecular weight excluding hydrogens is 135 g/mol. The molecule has 3 nitrogen and oxygen atoms in total. The molecule has 0 rings (SSSR count). The number of carbonyl (C=O) groups excluding carboxylic acids is 1. The molecule has 1 amide bonds. The minimum absolute atomic E-state index is 0. The van der Waals surface area contributed by atoms with Crippen LogP contribution in [0.2, 0.25) is 0 Å². The minimum Gasteiger partial charge on any atom is -0.369 e. The van der Waals surface area contributed by atoms with Crippen LogP contribution in [0.4, 0.5) is 4.79 Å². The number of nitrogens with two attached hydrogens (primary N) is 1. The Morgan fingerprint density at radius 3 is 1.80 bits per heavy atom. The van der Waals surface area contributed by atoms with E-state index in [1.807, 2.05) is 16.0 Å². The molecule has 0 radical (unpaired) electrons. The van der Waals surface area contributed by atoms with Crippen LogP contribution in [-0.2, 0) is 0 Å². The molecule has 0 aliphatic heterocycles. The molecule has 5 heavy (non-hydrogen) atoms. The SMILES string of the molecule is NC(=O)[Se-].[NH4+]. The summed E-state index contributed by atoms with van der Waals surface area (Å²) in [4.78, 5) is 8.71. The van der Waals surface area contributed by atoms with E-state index in [1.54, 1.807) is 0 Å². The Bertz CT molecular complexity index is 32.6. The van der Waals surface area contributed by atoms with E-state index in [4.69, 9.17) is 4.79 Å². The van der Waals surface area contributed by atoms with Crippen LogP contribution >= 0.6 is 0 Å². The minimum atomic E-state index is -0.458. The first-order chi connectivity index (χ1) is 1.73. The van der Waals surface area contributed by atoms with Gasteiger partial charge in [-0.05, 0) is 0 Å². The van der Waals surface area contributed by atoms with Gasteiger partial charge in [-0.3, -0.25) is 0 Å². The van der Waals surface area contributed by atoms with E-state index in [-0.39, 0.29) is 6.15 Å². The molecular formula is CH6N2OSe. The van der Waals surface area contributed by atoms with Gasteiger partial charge in [0.1, 0.15) is 0 Å². The van der Waals surface area contributed by atoms with Crippen LogP contribution in [0.15, 0.2) is 0 Å². The van der Waals surface area contributed by atoms with Crippen molar-refractivity contribution in [1.82, 2.24) is 6.15 Å². The zero-order valence-corrected chi connectivity index (χ0v) is 4.61. The fourth-order valence-corrected chi connectivity index (χ4v) is 0. The van der Waals surface area contributed by atoms with E-state index >= 15 is 0 Å². The van der Waals surface area contributed by atoms with Gasteiger partial charge in [0, 0.05) is 0 Å². The van der Waals surface area contributed by atoms with Crippen molar-refractivity contribution in [3.05, 3.63) is 0 Å². The molecule has 0 bridgehead atoms. The van der Waals surface area contributed by atoms with Gasteiger partial charge >= 0.3 is 31.3 Å². The number of amides is 1. The van der Waals surface area contributed by atoms with Crippen LogP contribution < -0.4 is 11.9 Å². The molecule has 0 spiro atoms. The van der Waals surface area contributed by atoms with Crippen LogP contribution in [-0.4, -0.2) is 20.8 Å². The van der Waals surface area contributed by atoms with Crippen molar-refractivity contribution in [3.63, 3.8) is 0 Å². The van der Waals surface area contributed by atoms with E-state index in [9.17, 15) is 0 Å². The zero-order valence-electron chi connectivity index (χ0n) is 2.89. The van der Waals surface area contributed by atoms with Gasteiger partial charge in [0.2, 0.25) is 0 Å². The Hall–Kier alpha value is -0.0505. The number of carbonyl (C=O) groups is 1. The molecule has 0 aromatic rings. The second-order valence-electron chi connectivity index (χ2n) is 0.319. The standard InChI is InChI=1S/CH3NOSe.H3N/c2-1(3)4;/h(H3,2,3,4);1H3. The van der Waals surface area contributed by atoms with Crippen molar-refractivity contribution in [2.45, 2.75) is 0 Å². The molecule has 0 aromatic heterocycles. The van der Waals surface area contributed by atoms with Gasteiger partial charge in [-0.1, -0.05) is 0 Å². The molecule has 0 atom stereocenters. The Morgan fingerprint density at radius 1 is 1.80 bits per heavy atom. The maximum Gasteiger partial charge on any atom is -0.369 e. The van der Waals surface area contributed by atoms with Crippen molar-refractivity contribution in [3.8, 4) is 0 Å². The Morgan fingerprint density at radius 2 is 1.80 bits per heavy atom. The summed E-state index contributed by atoms with van der Waals surface area (Å²) < 4.78 is 0. The Labute approximate surface area is 38.3 Å². The van der Waals surface area contributed by atoms with E-state index < -0.39 is 4.81 Å². The molecule has 0 saturated carbocycles. The molecule has 4 heteroatoms. The third-order valence-corrected chi connectivity index (χ3v) is 0. The first kappa shape index (κ1) is 8.87. The summed E-state index contributed by atoms with van der Waals surface area (Å²) in [6, 6.07) is 0. The van der Waals surface area contributed by atoms with E-state index in [2.05, 4.69) is 5.73 Å². The van der Waals surface area contributed by atoms with Crippen molar-refractivity contribution in [2.75, 3.05) is 0 Å². The van der Waals surface area contributed by atoms with Gasteiger partial charge in [0.25, 0.3) is 0 Å². The van der Waals surface area contributed by atoms with Crippen LogP contribution in [0, 0.1) is 0 Å². The summed E-state index contributed by atoms with van der Waals surface area (Å²) in [5.74, 6) is 0. The largest absolute Gasteiger partial charge is 0.369 e. The maximum atomic E-state index is 9.17.